The quantitative estimate of drug-likeness (QED) is 0.468. The molecule has 154 valence electrons. The van der Waals surface area contributed by atoms with E-state index < -0.39 is 0 Å². The molecule has 0 saturated carbocycles. The molecule has 0 saturated heterocycles. The van der Waals surface area contributed by atoms with E-state index in [1.165, 1.54) is 35.0 Å². The number of ether oxygens (including phenoxy) is 1. The number of aromatic nitrogens is 4. The molecule has 1 aliphatic carbocycles. The van der Waals surface area contributed by atoms with Crippen molar-refractivity contribution in [2.75, 3.05) is 18.2 Å². The smallest absolute Gasteiger partial charge is 0.234 e. The highest BCUT2D eigenvalue weighted by atomic mass is 32.2. The van der Waals surface area contributed by atoms with Crippen molar-refractivity contribution in [2.45, 2.75) is 37.8 Å². The predicted molar refractivity (Wildman–Crippen MR) is 120 cm³/mol. The van der Waals surface area contributed by atoms with Gasteiger partial charge < -0.3 is 10.1 Å². The number of aryl methyl sites for hydroxylation is 3. The highest BCUT2D eigenvalue weighted by Crippen LogP contribution is 2.38. The average Bonchev–Trinajstić information content (AvgIpc) is 3.33. The summed E-state index contributed by atoms with van der Waals surface area (Å²) in [6.45, 7) is 1.97. The second-order valence-corrected chi connectivity index (χ2v) is 9.29. The maximum absolute atomic E-state index is 12.4. The van der Waals surface area contributed by atoms with Crippen molar-refractivity contribution in [3.63, 3.8) is 0 Å². The Morgan fingerprint density at radius 2 is 2.17 bits per heavy atom. The average molecular weight is 440 g/mol. The number of methoxy groups -OCH3 is 1. The number of nitrogens with zero attached hydrogens (tertiary/aromatic N) is 4. The Kier molecular flexibility index (Phi) is 5.08. The topological polar surface area (TPSA) is 81.4 Å². The van der Waals surface area contributed by atoms with E-state index in [-0.39, 0.29) is 11.7 Å². The molecule has 1 aromatic carbocycles. The number of hydrogen-bond donors (Lipinski definition) is 1. The number of nitrogens with one attached hydrogen (secondary N) is 1. The van der Waals surface area contributed by atoms with Gasteiger partial charge in [0.15, 0.2) is 10.8 Å². The molecule has 0 aliphatic heterocycles. The van der Waals surface area contributed by atoms with Gasteiger partial charge in [0.2, 0.25) is 5.91 Å². The third-order valence-electron chi connectivity index (χ3n) is 5.28. The molecule has 0 spiro atoms. The lowest BCUT2D eigenvalue weighted by Gasteiger charge is -2.10. The Morgan fingerprint density at radius 3 is 3.03 bits per heavy atom. The van der Waals surface area contributed by atoms with Crippen LogP contribution in [0.25, 0.3) is 15.9 Å². The fourth-order valence-corrected chi connectivity index (χ4v) is 5.98. The molecule has 30 heavy (non-hydrogen) atoms. The summed E-state index contributed by atoms with van der Waals surface area (Å²) < 4.78 is 7.18. The van der Waals surface area contributed by atoms with Crippen LogP contribution in [0.5, 0.6) is 5.75 Å². The van der Waals surface area contributed by atoms with Gasteiger partial charge in [-0.1, -0.05) is 17.8 Å². The van der Waals surface area contributed by atoms with Crippen LogP contribution in [-0.2, 0) is 17.6 Å². The minimum atomic E-state index is -0.107. The van der Waals surface area contributed by atoms with Gasteiger partial charge in [-0.2, -0.15) is 0 Å². The summed E-state index contributed by atoms with van der Waals surface area (Å²) in [7, 11) is 1.60. The molecular formula is C21H21N5O2S2. The molecule has 0 unspecified atom stereocenters. The van der Waals surface area contributed by atoms with Crippen LogP contribution in [0.2, 0.25) is 0 Å². The number of carbonyl (C=O) groups excluding carboxylic acids is 1. The number of carbonyl (C=O) groups is 1. The lowest BCUT2D eigenvalue weighted by Crippen LogP contribution is -2.14. The fraction of sp³-hybridized carbons (Fsp3) is 0.333. The van der Waals surface area contributed by atoms with Crippen LogP contribution in [0.1, 0.15) is 29.1 Å². The number of rotatable bonds is 5. The molecule has 0 bridgehead atoms. The van der Waals surface area contributed by atoms with Crippen molar-refractivity contribution in [3.05, 3.63) is 40.5 Å². The molecular weight excluding hydrogens is 418 g/mol. The second-order valence-electron chi connectivity index (χ2n) is 7.26. The van der Waals surface area contributed by atoms with Gasteiger partial charge in [0.05, 0.1) is 18.2 Å². The van der Waals surface area contributed by atoms with Gasteiger partial charge in [-0.3, -0.25) is 9.20 Å². The highest BCUT2D eigenvalue weighted by molar-refractivity contribution is 7.99. The maximum atomic E-state index is 12.4. The van der Waals surface area contributed by atoms with Crippen LogP contribution >= 0.6 is 23.1 Å². The van der Waals surface area contributed by atoms with Crippen molar-refractivity contribution >= 4 is 50.6 Å². The van der Waals surface area contributed by atoms with E-state index in [1.54, 1.807) is 24.5 Å². The fourth-order valence-electron chi connectivity index (χ4n) is 3.90. The Labute approximate surface area is 181 Å². The second kappa shape index (κ2) is 7.88. The monoisotopic (exact) mass is 439 g/mol. The molecule has 5 rings (SSSR count). The first-order chi connectivity index (χ1) is 14.6. The van der Waals surface area contributed by atoms with Gasteiger partial charge in [0, 0.05) is 16.6 Å². The molecule has 1 aliphatic rings. The summed E-state index contributed by atoms with van der Waals surface area (Å²) in [5.41, 5.74) is 2.95. The highest BCUT2D eigenvalue weighted by Gasteiger charge is 2.22. The first-order valence-electron chi connectivity index (χ1n) is 9.86. The molecule has 1 amide bonds. The Bertz CT molecular complexity index is 1260. The molecule has 7 nitrogen and oxygen atoms in total. The summed E-state index contributed by atoms with van der Waals surface area (Å²) >= 11 is 3.15. The van der Waals surface area contributed by atoms with E-state index in [2.05, 4.69) is 15.5 Å². The van der Waals surface area contributed by atoms with Crippen LogP contribution in [0.3, 0.4) is 0 Å². The molecule has 0 radical (unpaired) electrons. The van der Waals surface area contributed by atoms with Crippen LogP contribution in [0.4, 0.5) is 5.69 Å². The van der Waals surface area contributed by atoms with E-state index >= 15 is 0 Å². The van der Waals surface area contributed by atoms with E-state index in [4.69, 9.17) is 9.72 Å². The SMILES string of the molecule is COc1cccc(NC(=O)CSc2nnc3c4c5c(sc4nc(C)n23)CCCC5)c1. The number of anilines is 1. The summed E-state index contributed by atoms with van der Waals surface area (Å²) in [6, 6.07) is 7.31. The minimum absolute atomic E-state index is 0.107. The van der Waals surface area contributed by atoms with Crippen LogP contribution < -0.4 is 10.1 Å². The minimum Gasteiger partial charge on any atom is -0.497 e. The number of amides is 1. The molecule has 0 fully saturated rings. The zero-order chi connectivity index (χ0) is 20.7. The van der Waals surface area contributed by atoms with Gasteiger partial charge in [-0.15, -0.1) is 21.5 Å². The number of hydrogen-bond acceptors (Lipinski definition) is 7. The van der Waals surface area contributed by atoms with Gasteiger partial charge >= 0.3 is 0 Å². The van der Waals surface area contributed by atoms with Crippen LogP contribution in [0, 0.1) is 6.92 Å². The zero-order valence-corrected chi connectivity index (χ0v) is 18.4. The third-order valence-corrected chi connectivity index (χ3v) is 7.40. The normalized spacial score (nSPS) is 13.5. The Morgan fingerprint density at radius 1 is 1.30 bits per heavy atom. The number of thiophene rings is 1. The number of benzene rings is 1. The summed E-state index contributed by atoms with van der Waals surface area (Å²) in [4.78, 5) is 19.8. The number of thioether (sulfide) groups is 1. The molecule has 4 aromatic rings. The predicted octanol–water partition coefficient (Wildman–Crippen LogP) is 4.27. The lowest BCUT2D eigenvalue weighted by molar-refractivity contribution is -0.113. The molecule has 1 N–H and O–H groups in total. The van der Waals surface area contributed by atoms with E-state index in [0.717, 1.165) is 34.5 Å². The van der Waals surface area contributed by atoms with Crippen molar-refractivity contribution in [1.82, 2.24) is 19.6 Å². The maximum Gasteiger partial charge on any atom is 0.234 e. The zero-order valence-electron chi connectivity index (χ0n) is 16.8. The van der Waals surface area contributed by atoms with Crippen molar-refractivity contribution < 1.29 is 9.53 Å². The Balaban J connectivity index is 1.40. The largest absolute Gasteiger partial charge is 0.497 e. The number of fused-ring (bicyclic) bond motifs is 5. The molecule has 3 aromatic heterocycles. The Hall–Kier alpha value is -2.65. The molecule has 0 atom stereocenters. The van der Waals surface area contributed by atoms with Crippen molar-refractivity contribution in [3.8, 4) is 5.75 Å². The van der Waals surface area contributed by atoms with Gasteiger partial charge in [-0.05, 0) is 50.3 Å². The first kappa shape index (κ1) is 19.3. The molecule has 9 heteroatoms. The van der Waals surface area contributed by atoms with E-state index in [1.807, 2.05) is 29.5 Å². The summed E-state index contributed by atoms with van der Waals surface area (Å²) in [5, 5.41) is 13.6. The van der Waals surface area contributed by atoms with Crippen LogP contribution in [-0.4, -0.2) is 38.4 Å². The van der Waals surface area contributed by atoms with Gasteiger partial charge in [0.25, 0.3) is 0 Å². The van der Waals surface area contributed by atoms with E-state index in [9.17, 15) is 4.79 Å². The van der Waals surface area contributed by atoms with Crippen molar-refractivity contribution in [1.29, 1.82) is 0 Å². The van der Waals surface area contributed by atoms with E-state index in [0.29, 0.717) is 16.6 Å². The van der Waals surface area contributed by atoms with Gasteiger partial charge in [0.1, 0.15) is 16.4 Å². The summed E-state index contributed by atoms with van der Waals surface area (Å²) in [6.07, 6.45) is 4.65. The molecule has 3 heterocycles. The third kappa shape index (κ3) is 3.41. The van der Waals surface area contributed by atoms with Gasteiger partial charge in [-0.25, -0.2) is 4.98 Å². The van der Waals surface area contributed by atoms with Crippen molar-refractivity contribution in [2.24, 2.45) is 0 Å². The standard InChI is InChI=1S/C21H21N5O2S2/c1-12-22-20-18(15-8-3-4-9-16(15)30-20)19-24-25-21(26(12)19)29-11-17(27)23-13-6-5-7-14(10-13)28-2/h5-7,10H,3-4,8-9,11H2,1-2H3,(H,23,27). The first-order valence-corrected chi connectivity index (χ1v) is 11.7. The lowest BCUT2D eigenvalue weighted by atomic mass is 9.97. The van der Waals surface area contributed by atoms with Crippen LogP contribution in [0.15, 0.2) is 29.4 Å². The summed E-state index contributed by atoms with van der Waals surface area (Å²) in [5.74, 6) is 1.67.